The van der Waals surface area contributed by atoms with Crippen LogP contribution < -0.4 is 5.32 Å². The summed E-state index contributed by atoms with van der Waals surface area (Å²) >= 11 is 0. The van der Waals surface area contributed by atoms with E-state index in [4.69, 9.17) is 0 Å². The van der Waals surface area contributed by atoms with E-state index >= 15 is 0 Å². The SMILES string of the molecule is Cc1[nH]ncc1CN[C@H](CC(F)(F)F)c1ccccc1. The highest BCUT2D eigenvalue weighted by atomic mass is 19.4. The fraction of sp³-hybridized carbons (Fsp3) is 0.357. The minimum absolute atomic E-state index is 0.345. The van der Waals surface area contributed by atoms with E-state index in [0.29, 0.717) is 12.1 Å². The summed E-state index contributed by atoms with van der Waals surface area (Å²) in [6, 6.07) is 7.91. The summed E-state index contributed by atoms with van der Waals surface area (Å²) in [4.78, 5) is 0. The highest BCUT2D eigenvalue weighted by Crippen LogP contribution is 2.29. The Hall–Kier alpha value is -1.82. The van der Waals surface area contributed by atoms with E-state index in [2.05, 4.69) is 15.5 Å². The van der Waals surface area contributed by atoms with Crippen molar-refractivity contribution in [3.63, 3.8) is 0 Å². The number of nitrogens with zero attached hydrogens (tertiary/aromatic N) is 1. The van der Waals surface area contributed by atoms with Gasteiger partial charge in [0.25, 0.3) is 0 Å². The second kappa shape index (κ2) is 6.09. The first-order chi connectivity index (χ1) is 9.46. The molecule has 0 fully saturated rings. The van der Waals surface area contributed by atoms with Gasteiger partial charge >= 0.3 is 6.18 Å². The number of aromatic amines is 1. The van der Waals surface area contributed by atoms with Gasteiger partial charge in [-0.3, -0.25) is 5.10 Å². The molecule has 1 aromatic carbocycles. The molecule has 0 bridgehead atoms. The zero-order valence-electron chi connectivity index (χ0n) is 11.0. The monoisotopic (exact) mass is 283 g/mol. The van der Waals surface area contributed by atoms with E-state index < -0.39 is 18.6 Å². The number of H-pyrrole nitrogens is 1. The van der Waals surface area contributed by atoms with Crippen molar-refractivity contribution >= 4 is 0 Å². The average Bonchev–Trinajstić information content (AvgIpc) is 2.80. The minimum Gasteiger partial charge on any atom is -0.305 e. The topological polar surface area (TPSA) is 40.7 Å². The van der Waals surface area contributed by atoms with Crippen LogP contribution >= 0.6 is 0 Å². The predicted octanol–water partition coefficient (Wildman–Crippen LogP) is 3.50. The Labute approximate surface area is 115 Å². The summed E-state index contributed by atoms with van der Waals surface area (Å²) in [5, 5.41) is 9.58. The summed E-state index contributed by atoms with van der Waals surface area (Å²) in [6.07, 6.45) is -3.48. The van der Waals surface area contributed by atoms with Gasteiger partial charge in [-0.15, -0.1) is 0 Å². The third kappa shape index (κ3) is 4.09. The molecule has 0 saturated heterocycles. The van der Waals surface area contributed by atoms with Gasteiger partial charge in [-0.25, -0.2) is 0 Å². The molecule has 0 saturated carbocycles. The predicted molar refractivity (Wildman–Crippen MR) is 70.0 cm³/mol. The highest BCUT2D eigenvalue weighted by molar-refractivity contribution is 5.20. The van der Waals surface area contributed by atoms with Gasteiger partial charge in [0.15, 0.2) is 0 Å². The van der Waals surface area contributed by atoms with Crippen LogP contribution in [0.2, 0.25) is 0 Å². The van der Waals surface area contributed by atoms with Crippen LogP contribution in [0.1, 0.15) is 29.3 Å². The number of rotatable bonds is 5. The van der Waals surface area contributed by atoms with Crippen molar-refractivity contribution in [3.8, 4) is 0 Å². The summed E-state index contributed by atoms with van der Waals surface area (Å²) < 4.78 is 38.0. The first-order valence-corrected chi connectivity index (χ1v) is 6.29. The number of hydrogen-bond donors (Lipinski definition) is 2. The lowest BCUT2D eigenvalue weighted by Gasteiger charge is -2.20. The molecule has 0 unspecified atom stereocenters. The molecule has 0 radical (unpaired) electrons. The molecule has 0 amide bonds. The minimum atomic E-state index is -4.21. The Morgan fingerprint density at radius 3 is 2.50 bits per heavy atom. The van der Waals surface area contributed by atoms with Gasteiger partial charge in [-0.1, -0.05) is 30.3 Å². The standard InChI is InChI=1S/C14H16F3N3/c1-10-12(9-19-20-10)8-18-13(7-14(15,16)17)11-5-3-2-4-6-11/h2-6,9,13,18H,7-8H2,1H3,(H,19,20)/t13-/m1/s1. The number of alkyl halides is 3. The molecule has 108 valence electrons. The van der Waals surface area contributed by atoms with Crippen molar-refractivity contribution in [2.24, 2.45) is 0 Å². The lowest BCUT2D eigenvalue weighted by molar-refractivity contribution is -0.140. The second-order valence-electron chi connectivity index (χ2n) is 4.68. The number of halogens is 3. The molecule has 2 N–H and O–H groups in total. The average molecular weight is 283 g/mol. The lowest BCUT2D eigenvalue weighted by atomic mass is 10.0. The van der Waals surface area contributed by atoms with Gasteiger partial charge in [-0.05, 0) is 12.5 Å². The van der Waals surface area contributed by atoms with Crippen LogP contribution in [0.3, 0.4) is 0 Å². The molecule has 0 aliphatic rings. The summed E-state index contributed by atoms with van der Waals surface area (Å²) in [5.74, 6) is 0. The van der Waals surface area contributed by atoms with Crippen molar-refractivity contribution < 1.29 is 13.2 Å². The van der Waals surface area contributed by atoms with Crippen LogP contribution in [0.25, 0.3) is 0 Å². The van der Waals surface area contributed by atoms with Crippen LogP contribution in [-0.2, 0) is 6.54 Å². The number of benzene rings is 1. The van der Waals surface area contributed by atoms with Crippen LogP contribution in [0.4, 0.5) is 13.2 Å². The van der Waals surface area contributed by atoms with E-state index in [9.17, 15) is 13.2 Å². The molecule has 1 heterocycles. The van der Waals surface area contributed by atoms with Crippen molar-refractivity contribution in [1.29, 1.82) is 0 Å². The first-order valence-electron chi connectivity index (χ1n) is 6.29. The molecular formula is C14H16F3N3. The normalized spacial score (nSPS) is 13.4. The zero-order chi connectivity index (χ0) is 14.6. The van der Waals surface area contributed by atoms with Gasteiger partial charge in [0.05, 0.1) is 12.6 Å². The molecule has 6 heteroatoms. The zero-order valence-corrected chi connectivity index (χ0v) is 11.0. The highest BCUT2D eigenvalue weighted by Gasteiger charge is 2.32. The lowest BCUT2D eigenvalue weighted by Crippen LogP contribution is -2.26. The largest absolute Gasteiger partial charge is 0.390 e. The van der Waals surface area contributed by atoms with E-state index in [1.807, 2.05) is 6.92 Å². The third-order valence-electron chi connectivity index (χ3n) is 3.11. The Morgan fingerprint density at radius 1 is 1.25 bits per heavy atom. The van der Waals surface area contributed by atoms with Crippen molar-refractivity contribution in [3.05, 3.63) is 53.3 Å². The fourth-order valence-electron chi connectivity index (χ4n) is 2.01. The van der Waals surface area contributed by atoms with Crippen molar-refractivity contribution in [2.75, 3.05) is 0 Å². The maximum absolute atomic E-state index is 12.7. The first kappa shape index (κ1) is 14.6. The fourth-order valence-corrected chi connectivity index (χ4v) is 2.01. The summed E-state index contributed by atoms with van der Waals surface area (Å²) in [5.41, 5.74) is 2.36. The quantitative estimate of drug-likeness (QED) is 0.881. The number of aromatic nitrogens is 2. The smallest absolute Gasteiger partial charge is 0.305 e. The molecule has 3 nitrogen and oxygen atoms in total. The molecule has 0 aliphatic heterocycles. The van der Waals surface area contributed by atoms with E-state index in [0.717, 1.165) is 11.3 Å². The third-order valence-corrected chi connectivity index (χ3v) is 3.11. The Balaban J connectivity index is 2.09. The van der Waals surface area contributed by atoms with Gasteiger partial charge in [0.2, 0.25) is 0 Å². The van der Waals surface area contributed by atoms with Crippen LogP contribution in [0, 0.1) is 6.92 Å². The molecule has 2 rings (SSSR count). The maximum atomic E-state index is 12.7. The van der Waals surface area contributed by atoms with Crippen molar-refractivity contribution in [2.45, 2.75) is 32.1 Å². The van der Waals surface area contributed by atoms with Gasteiger partial charge in [0.1, 0.15) is 0 Å². The Bertz CT molecular complexity index is 534. The van der Waals surface area contributed by atoms with Crippen LogP contribution in [0.15, 0.2) is 36.5 Å². The van der Waals surface area contributed by atoms with Crippen molar-refractivity contribution in [1.82, 2.24) is 15.5 Å². The molecule has 1 aromatic heterocycles. The van der Waals surface area contributed by atoms with Crippen LogP contribution in [-0.4, -0.2) is 16.4 Å². The molecule has 20 heavy (non-hydrogen) atoms. The molecular weight excluding hydrogens is 267 g/mol. The molecule has 0 aliphatic carbocycles. The Kier molecular flexibility index (Phi) is 4.44. The van der Waals surface area contributed by atoms with Gasteiger partial charge in [0, 0.05) is 23.8 Å². The van der Waals surface area contributed by atoms with Crippen LogP contribution in [0.5, 0.6) is 0 Å². The van der Waals surface area contributed by atoms with E-state index in [-0.39, 0.29) is 0 Å². The molecule has 1 atom stereocenters. The molecule has 2 aromatic rings. The summed E-state index contributed by atoms with van der Waals surface area (Å²) in [6.45, 7) is 2.18. The van der Waals surface area contributed by atoms with Gasteiger partial charge in [-0.2, -0.15) is 18.3 Å². The van der Waals surface area contributed by atoms with Gasteiger partial charge < -0.3 is 5.32 Å². The number of aryl methyl sites for hydroxylation is 1. The second-order valence-corrected chi connectivity index (χ2v) is 4.68. The van der Waals surface area contributed by atoms with E-state index in [1.54, 1.807) is 36.5 Å². The summed E-state index contributed by atoms with van der Waals surface area (Å²) in [7, 11) is 0. The maximum Gasteiger partial charge on any atom is 0.390 e. The molecule has 0 spiro atoms. The number of hydrogen-bond acceptors (Lipinski definition) is 2. The van der Waals surface area contributed by atoms with E-state index in [1.165, 1.54) is 0 Å². The Morgan fingerprint density at radius 2 is 1.95 bits per heavy atom. The number of nitrogens with one attached hydrogen (secondary N) is 2.